The maximum Gasteiger partial charge on any atom is 0.231 e. The summed E-state index contributed by atoms with van der Waals surface area (Å²) in [5.74, 6) is 1.22. The average Bonchev–Trinajstić information content (AvgIpc) is 2.81. The number of nitrogens with zero attached hydrogens (tertiary/aromatic N) is 1. The Morgan fingerprint density at radius 2 is 2.21 bits per heavy atom. The van der Waals surface area contributed by atoms with Gasteiger partial charge in [0.25, 0.3) is 0 Å². The predicted octanol–water partition coefficient (Wildman–Crippen LogP) is 2.09. The van der Waals surface area contributed by atoms with Gasteiger partial charge in [0.1, 0.15) is 0 Å². The Kier molecular flexibility index (Phi) is 3.31. The monoisotopic (exact) mass is 276 g/mol. The van der Waals surface area contributed by atoms with Crippen molar-refractivity contribution in [2.45, 2.75) is 30.2 Å². The highest BCUT2D eigenvalue weighted by Crippen LogP contribution is 2.41. The molecule has 1 amide bonds. The summed E-state index contributed by atoms with van der Waals surface area (Å²) < 4.78 is 0. The van der Waals surface area contributed by atoms with Crippen LogP contribution in [-0.4, -0.2) is 41.7 Å². The van der Waals surface area contributed by atoms with Gasteiger partial charge in [-0.3, -0.25) is 4.79 Å². The van der Waals surface area contributed by atoms with E-state index in [9.17, 15) is 4.79 Å². The number of fused-ring (bicyclic) bond motifs is 1. The Labute approximate surface area is 118 Å². The fourth-order valence-corrected chi connectivity index (χ4v) is 4.17. The zero-order valence-electron chi connectivity index (χ0n) is 11.5. The molecule has 1 N–H and O–H groups in total. The van der Waals surface area contributed by atoms with Crippen molar-refractivity contribution < 1.29 is 4.79 Å². The lowest BCUT2D eigenvalue weighted by molar-refractivity contribution is -0.138. The number of thioether (sulfide) groups is 1. The van der Waals surface area contributed by atoms with Gasteiger partial charge in [0, 0.05) is 35.8 Å². The number of benzene rings is 1. The van der Waals surface area contributed by atoms with Crippen molar-refractivity contribution in [2.75, 3.05) is 25.4 Å². The summed E-state index contributed by atoms with van der Waals surface area (Å²) in [6, 6.07) is 8.31. The molecule has 0 saturated carbocycles. The van der Waals surface area contributed by atoms with Gasteiger partial charge in [-0.1, -0.05) is 18.2 Å². The van der Waals surface area contributed by atoms with E-state index in [1.165, 1.54) is 10.5 Å². The predicted molar refractivity (Wildman–Crippen MR) is 78.6 cm³/mol. The maximum absolute atomic E-state index is 12.9. The highest BCUT2D eigenvalue weighted by Gasteiger charge is 2.39. The largest absolute Gasteiger partial charge is 0.334 e. The van der Waals surface area contributed by atoms with Crippen LogP contribution in [0.2, 0.25) is 0 Å². The lowest BCUT2D eigenvalue weighted by Crippen LogP contribution is -2.60. The van der Waals surface area contributed by atoms with Gasteiger partial charge in [0.05, 0.1) is 5.92 Å². The molecule has 2 aliphatic heterocycles. The smallest absolute Gasteiger partial charge is 0.231 e. The number of amides is 1. The van der Waals surface area contributed by atoms with Crippen molar-refractivity contribution in [1.29, 1.82) is 0 Å². The summed E-state index contributed by atoms with van der Waals surface area (Å²) >= 11 is 1.81. The van der Waals surface area contributed by atoms with Crippen molar-refractivity contribution in [1.82, 2.24) is 10.2 Å². The summed E-state index contributed by atoms with van der Waals surface area (Å²) in [4.78, 5) is 16.2. The second kappa shape index (κ2) is 4.84. The normalized spacial score (nSPS) is 25.2. The maximum atomic E-state index is 12.9. The van der Waals surface area contributed by atoms with E-state index in [1.807, 2.05) is 12.1 Å². The quantitative estimate of drug-likeness (QED) is 0.852. The number of carbonyl (C=O) groups is 1. The number of rotatable bonds is 1. The van der Waals surface area contributed by atoms with Crippen LogP contribution in [0, 0.1) is 0 Å². The molecule has 1 unspecified atom stereocenters. The molecule has 1 fully saturated rings. The van der Waals surface area contributed by atoms with Crippen molar-refractivity contribution >= 4 is 17.7 Å². The summed E-state index contributed by atoms with van der Waals surface area (Å²) in [6.07, 6.45) is 0. The van der Waals surface area contributed by atoms with Crippen LogP contribution in [0.25, 0.3) is 0 Å². The molecule has 19 heavy (non-hydrogen) atoms. The van der Waals surface area contributed by atoms with E-state index in [2.05, 4.69) is 36.2 Å². The molecule has 0 aromatic heterocycles. The molecular weight excluding hydrogens is 256 g/mol. The van der Waals surface area contributed by atoms with Crippen molar-refractivity contribution in [3.05, 3.63) is 29.8 Å². The van der Waals surface area contributed by atoms with Gasteiger partial charge in [0.15, 0.2) is 0 Å². The van der Waals surface area contributed by atoms with Crippen LogP contribution in [0.3, 0.4) is 0 Å². The Morgan fingerprint density at radius 3 is 3.00 bits per heavy atom. The fourth-order valence-electron chi connectivity index (χ4n) is 2.95. The number of nitrogens with one attached hydrogen (secondary N) is 1. The van der Waals surface area contributed by atoms with Crippen LogP contribution in [0.15, 0.2) is 29.2 Å². The molecule has 2 aliphatic rings. The van der Waals surface area contributed by atoms with Crippen LogP contribution < -0.4 is 5.32 Å². The molecule has 1 aromatic carbocycles. The number of piperazine rings is 1. The van der Waals surface area contributed by atoms with Gasteiger partial charge in [-0.2, -0.15) is 0 Å². The molecule has 1 saturated heterocycles. The number of hydrogen-bond acceptors (Lipinski definition) is 3. The first-order valence-electron chi connectivity index (χ1n) is 6.83. The third-order valence-corrected chi connectivity index (χ3v) is 5.25. The van der Waals surface area contributed by atoms with Crippen LogP contribution in [0.4, 0.5) is 0 Å². The molecule has 0 spiro atoms. The zero-order chi connectivity index (χ0) is 13.5. The van der Waals surface area contributed by atoms with Crippen LogP contribution in [-0.2, 0) is 4.79 Å². The van der Waals surface area contributed by atoms with Gasteiger partial charge in [-0.25, -0.2) is 0 Å². The summed E-state index contributed by atoms with van der Waals surface area (Å²) in [6.45, 7) is 6.88. The molecule has 0 aliphatic carbocycles. The van der Waals surface area contributed by atoms with Crippen molar-refractivity contribution in [3.63, 3.8) is 0 Å². The summed E-state index contributed by atoms with van der Waals surface area (Å²) in [5.41, 5.74) is 1.13. The molecule has 1 aromatic rings. The van der Waals surface area contributed by atoms with Gasteiger partial charge in [0.2, 0.25) is 5.91 Å². The topological polar surface area (TPSA) is 32.3 Å². The number of hydrogen-bond donors (Lipinski definition) is 1. The van der Waals surface area contributed by atoms with E-state index in [-0.39, 0.29) is 11.5 Å². The Balaban J connectivity index is 1.85. The average molecular weight is 276 g/mol. The van der Waals surface area contributed by atoms with Crippen LogP contribution in [0.1, 0.15) is 25.3 Å². The second-order valence-electron chi connectivity index (χ2n) is 5.88. The molecule has 3 rings (SSSR count). The summed E-state index contributed by atoms with van der Waals surface area (Å²) in [7, 11) is 0. The zero-order valence-corrected chi connectivity index (χ0v) is 12.3. The molecule has 102 valence electrons. The lowest BCUT2D eigenvalue weighted by atomic mass is 9.94. The molecule has 0 radical (unpaired) electrons. The number of carbonyl (C=O) groups excluding carboxylic acids is 1. The minimum Gasteiger partial charge on any atom is -0.334 e. The van der Waals surface area contributed by atoms with Crippen LogP contribution in [0.5, 0.6) is 0 Å². The molecule has 4 heteroatoms. The minimum atomic E-state index is -0.0858. The molecule has 2 heterocycles. The first-order chi connectivity index (χ1) is 9.09. The Morgan fingerprint density at radius 1 is 1.42 bits per heavy atom. The van der Waals surface area contributed by atoms with E-state index in [4.69, 9.17) is 0 Å². The SMILES string of the molecule is CC1(C)CNCCN1C(=O)C1CSc2ccccc21. The van der Waals surface area contributed by atoms with Gasteiger partial charge in [-0.05, 0) is 25.5 Å². The third-order valence-electron chi connectivity index (χ3n) is 4.06. The fraction of sp³-hybridized carbons (Fsp3) is 0.533. The highest BCUT2D eigenvalue weighted by molar-refractivity contribution is 7.99. The van der Waals surface area contributed by atoms with E-state index in [0.29, 0.717) is 5.91 Å². The molecular formula is C15H20N2OS. The molecule has 0 bridgehead atoms. The molecule has 3 nitrogen and oxygen atoms in total. The molecule has 1 atom stereocenters. The van der Waals surface area contributed by atoms with Crippen molar-refractivity contribution in [3.8, 4) is 0 Å². The van der Waals surface area contributed by atoms with E-state index >= 15 is 0 Å². The first kappa shape index (κ1) is 13.0. The van der Waals surface area contributed by atoms with E-state index in [1.54, 1.807) is 11.8 Å². The highest BCUT2D eigenvalue weighted by atomic mass is 32.2. The Bertz CT molecular complexity index is 501. The van der Waals surface area contributed by atoms with Gasteiger partial charge < -0.3 is 10.2 Å². The van der Waals surface area contributed by atoms with Gasteiger partial charge >= 0.3 is 0 Å². The van der Waals surface area contributed by atoms with Gasteiger partial charge in [-0.15, -0.1) is 11.8 Å². The van der Waals surface area contributed by atoms with E-state index in [0.717, 1.165) is 25.4 Å². The third kappa shape index (κ3) is 2.28. The van der Waals surface area contributed by atoms with Crippen molar-refractivity contribution in [2.24, 2.45) is 0 Å². The first-order valence-corrected chi connectivity index (χ1v) is 7.82. The second-order valence-corrected chi connectivity index (χ2v) is 6.94. The lowest BCUT2D eigenvalue weighted by Gasteiger charge is -2.44. The van der Waals surface area contributed by atoms with Crippen LogP contribution >= 0.6 is 11.8 Å². The minimum absolute atomic E-state index is 0.0403. The standard InChI is InChI=1S/C15H20N2OS/c1-15(2)10-16-7-8-17(15)14(18)12-9-19-13-6-4-3-5-11(12)13/h3-6,12,16H,7-10H2,1-2H3. The van der Waals surface area contributed by atoms with E-state index < -0.39 is 0 Å². The summed E-state index contributed by atoms with van der Waals surface area (Å²) in [5, 5.41) is 3.37. The Hall–Kier alpha value is -1.00.